The molecular weight excluding hydrogens is 681 g/mol. The standard InChI is InChI=1S/C23H20N.C13H6N3.Ir/c1-23(2,3)19-12-13-24-22(15-19)18-11-10-17-9-8-16-6-4-5-7-20(16)21(17)14-18;1-15-12-5-6-16-13(8-12)11-4-2-3-10(7-11)9-14;/h4-10,12-15H,1-3H3;2-3,5-8H;/q2*-1;. The molecule has 6 aromatic rings. The average Bonchev–Trinajstić information content (AvgIpc) is 3.00. The summed E-state index contributed by atoms with van der Waals surface area (Å²) in [6, 6.07) is 38.3. The molecule has 0 N–H and O–H groups in total. The summed E-state index contributed by atoms with van der Waals surface area (Å²) in [4.78, 5) is 12.1. The maximum Gasteiger partial charge on any atom is 0.181 e. The zero-order valence-electron chi connectivity index (χ0n) is 22.9. The van der Waals surface area contributed by atoms with Gasteiger partial charge in [0.25, 0.3) is 0 Å². The van der Waals surface area contributed by atoms with Gasteiger partial charge >= 0.3 is 0 Å². The van der Waals surface area contributed by atoms with Crippen LogP contribution in [0.25, 0.3) is 48.9 Å². The Morgan fingerprint density at radius 2 is 1.49 bits per heavy atom. The maximum absolute atomic E-state index is 8.78. The Morgan fingerprint density at radius 3 is 2.24 bits per heavy atom. The van der Waals surface area contributed by atoms with E-state index >= 15 is 0 Å². The number of aromatic nitrogens is 2. The Morgan fingerprint density at radius 1 is 0.780 bits per heavy atom. The molecule has 41 heavy (non-hydrogen) atoms. The summed E-state index contributed by atoms with van der Waals surface area (Å²) in [5.74, 6) is 0. The summed E-state index contributed by atoms with van der Waals surface area (Å²) in [7, 11) is 0. The van der Waals surface area contributed by atoms with Crippen LogP contribution < -0.4 is 0 Å². The zero-order valence-corrected chi connectivity index (χ0v) is 25.3. The van der Waals surface area contributed by atoms with Crippen LogP contribution in [0.5, 0.6) is 0 Å². The molecule has 4 aromatic carbocycles. The normalized spacial score (nSPS) is 10.6. The second-order valence-corrected chi connectivity index (χ2v) is 10.4. The SMILES string of the molecule is CC(C)(C)c1ccnc(-c2[c-]cc3ccc4ccccc4c3c2)c1.[C-]#[N+]c1ccnc(-c2[c-]ccc(C#N)c2)c1.[Ir]. The zero-order chi connectivity index (χ0) is 28.1. The molecule has 201 valence electrons. The predicted molar refractivity (Wildman–Crippen MR) is 162 cm³/mol. The van der Waals surface area contributed by atoms with Gasteiger partial charge in [-0.3, -0.25) is 0 Å². The van der Waals surface area contributed by atoms with Gasteiger partial charge in [-0.05, 0) is 50.8 Å². The number of hydrogen-bond donors (Lipinski definition) is 0. The number of benzene rings is 4. The number of nitrogens with zero attached hydrogens (tertiary/aromatic N) is 4. The van der Waals surface area contributed by atoms with Crippen molar-refractivity contribution in [1.29, 1.82) is 5.26 Å². The van der Waals surface area contributed by atoms with E-state index in [-0.39, 0.29) is 25.5 Å². The Hall–Kier alpha value is -4.67. The van der Waals surface area contributed by atoms with Gasteiger partial charge in [-0.15, -0.1) is 53.6 Å². The first-order chi connectivity index (χ1) is 19.4. The molecule has 0 aliphatic heterocycles. The molecule has 0 aliphatic carbocycles. The molecule has 0 spiro atoms. The van der Waals surface area contributed by atoms with Gasteiger partial charge in [0.05, 0.1) is 12.6 Å². The molecule has 0 saturated heterocycles. The topological polar surface area (TPSA) is 53.9 Å². The third kappa shape index (κ3) is 6.74. The van der Waals surface area contributed by atoms with Crippen molar-refractivity contribution in [3.05, 3.63) is 138 Å². The monoisotopic (exact) mass is 707 g/mol. The second kappa shape index (κ2) is 12.7. The Labute approximate surface area is 254 Å². The smallest absolute Gasteiger partial charge is 0.181 e. The molecule has 0 unspecified atom stereocenters. The molecular formula is C36H26IrN4-2. The summed E-state index contributed by atoms with van der Waals surface area (Å²) in [6.07, 6.45) is 3.48. The van der Waals surface area contributed by atoms with Crippen molar-refractivity contribution in [3.63, 3.8) is 0 Å². The number of fused-ring (bicyclic) bond motifs is 3. The minimum atomic E-state index is 0. The summed E-state index contributed by atoms with van der Waals surface area (Å²) in [6.45, 7) is 13.6. The van der Waals surface area contributed by atoms with Crippen LogP contribution in [-0.2, 0) is 25.5 Å². The Balaban J connectivity index is 0.000000200. The minimum absolute atomic E-state index is 0. The van der Waals surface area contributed by atoms with E-state index in [1.165, 1.54) is 27.1 Å². The second-order valence-electron chi connectivity index (χ2n) is 10.4. The fraction of sp³-hybridized carbons (Fsp3) is 0.111. The van der Waals surface area contributed by atoms with E-state index in [4.69, 9.17) is 11.8 Å². The first-order valence-electron chi connectivity index (χ1n) is 12.9. The first-order valence-corrected chi connectivity index (χ1v) is 12.9. The van der Waals surface area contributed by atoms with E-state index in [0.29, 0.717) is 16.9 Å². The van der Waals surface area contributed by atoms with E-state index in [1.807, 2.05) is 6.20 Å². The molecule has 2 heterocycles. The van der Waals surface area contributed by atoms with Crippen molar-refractivity contribution in [2.75, 3.05) is 0 Å². The van der Waals surface area contributed by atoms with Crippen LogP contribution >= 0.6 is 0 Å². The Kier molecular flexibility index (Phi) is 9.06. The number of pyridine rings is 2. The van der Waals surface area contributed by atoms with Gasteiger partial charge in [0.1, 0.15) is 0 Å². The van der Waals surface area contributed by atoms with E-state index in [2.05, 4.69) is 114 Å². The molecule has 2 aromatic heterocycles. The molecule has 0 aliphatic rings. The predicted octanol–water partition coefficient (Wildman–Crippen LogP) is 9.12. The van der Waals surface area contributed by atoms with Crippen molar-refractivity contribution >= 4 is 27.2 Å². The van der Waals surface area contributed by atoms with Crippen LogP contribution in [0.3, 0.4) is 0 Å². The van der Waals surface area contributed by atoms with Gasteiger partial charge in [0, 0.05) is 32.5 Å². The molecule has 0 amide bonds. The van der Waals surface area contributed by atoms with Crippen molar-refractivity contribution in [1.82, 2.24) is 9.97 Å². The average molecular weight is 707 g/mol. The van der Waals surface area contributed by atoms with Gasteiger partial charge in [-0.1, -0.05) is 80.1 Å². The summed E-state index contributed by atoms with van der Waals surface area (Å²) < 4.78 is 0. The van der Waals surface area contributed by atoms with Gasteiger partial charge in [-0.25, -0.2) is 4.85 Å². The summed E-state index contributed by atoms with van der Waals surface area (Å²) >= 11 is 0. The van der Waals surface area contributed by atoms with Gasteiger partial charge in [0.15, 0.2) is 5.69 Å². The quantitative estimate of drug-likeness (QED) is 0.133. The third-order valence-electron chi connectivity index (χ3n) is 6.66. The van der Waals surface area contributed by atoms with E-state index in [1.54, 1.807) is 36.5 Å². The molecule has 1 radical (unpaired) electrons. The number of rotatable bonds is 2. The van der Waals surface area contributed by atoms with Crippen LogP contribution in [-0.4, -0.2) is 9.97 Å². The van der Waals surface area contributed by atoms with Gasteiger partial charge < -0.3 is 9.97 Å². The van der Waals surface area contributed by atoms with Gasteiger partial charge in [0.2, 0.25) is 0 Å². The largest absolute Gasteiger partial charge is 0.307 e. The van der Waals surface area contributed by atoms with Crippen LogP contribution in [0.2, 0.25) is 0 Å². The van der Waals surface area contributed by atoms with Crippen molar-refractivity contribution in [2.45, 2.75) is 26.2 Å². The fourth-order valence-electron chi connectivity index (χ4n) is 4.45. The molecule has 6 rings (SSSR count). The van der Waals surface area contributed by atoms with Crippen molar-refractivity contribution in [2.24, 2.45) is 0 Å². The first kappa shape index (κ1) is 29.3. The van der Waals surface area contributed by atoms with Crippen molar-refractivity contribution in [3.8, 4) is 28.6 Å². The molecule has 0 fully saturated rings. The van der Waals surface area contributed by atoms with E-state index < -0.39 is 0 Å². The van der Waals surface area contributed by atoms with Gasteiger partial charge in [-0.2, -0.15) is 5.26 Å². The number of hydrogen-bond acceptors (Lipinski definition) is 3. The van der Waals surface area contributed by atoms with Crippen LogP contribution in [0.4, 0.5) is 5.69 Å². The van der Waals surface area contributed by atoms with E-state index in [0.717, 1.165) is 16.8 Å². The van der Waals surface area contributed by atoms with Crippen LogP contribution in [0.1, 0.15) is 31.9 Å². The van der Waals surface area contributed by atoms with Crippen LogP contribution in [0, 0.1) is 30.0 Å². The molecule has 4 nitrogen and oxygen atoms in total. The molecule has 0 atom stereocenters. The molecule has 0 bridgehead atoms. The third-order valence-corrected chi connectivity index (χ3v) is 6.66. The number of nitriles is 1. The summed E-state index contributed by atoms with van der Waals surface area (Å²) in [5, 5.41) is 13.8. The molecule has 5 heteroatoms. The summed E-state index contributed by atoms with van der Waals surface area (Å²) in [5.41, 5.74) is 5.90. The fourth-order valence-corrected chi connectivity index (χ4v) is 4.45. The maximum atomic E-state index is 8.78. The van der Waals surface area contributed by atoms with Crippen molar-refractivity contribution < 1.29 is 20.1 Å². The van der Waals surface area contributed by atoms with E-state index in [9.17, 15) is 0 Å². The molecule has 0 saturated carbocycles. The Bertz CT molecular complexity index is 1870. The van der Waals surface area contributed by atoms with Crippen LogP contribution in [0.15, 0.2) is 103 Å². The minimum Gasteiger partial charge on any atom is -0.307 e.